The minimum absolute atomic E-state index is 0.0209. The summed E-state index contributed by atoms with van der Waals surface area (Å²) in [5.74, 6) is 0.518. The van der Waals surface area contributed by atoms with Crippen LogP contribution in [0.4, 0.5) is 5.69 Å². The first-order valence-electron chi connectivity index (χ1n) is 9.51. The number of benzene rings is 1. The molecular weight excluding hydrogens is 374 g/mol. The molecule has 5 nitrogen and oxygen atoms in total. The Morgan fingerprint density at radius 1 is 1.14 bits per heavy atom. The molecule has 3 heterocycles. The maximum Gasteiger partial charge on any atom is 0.257 e. The lowest BCUT2D eigenvalue weighted by atomic mass is 10.0. The lowest BCUT2D eigenvalue weighted by Crippen LogP contribution is -2.33. The predicted molar refractivity (Wildman–Crippen MR) is 110 cm³/mol. The van der Waals surface area contributed by atoms with Crippen LogP contribution >= 0.6 is 11.6 Å². The highest BCUT2D eigenvalue weighted by Crippen LogP contribution is 2.48. The van der Waals surface area contributed by atoms with Crippen LogP contribution < -0.4 is 10.5 Å². The zero-order valence-electron chi connectivity index (χ0n) is 15.8. The number of aliphatic imine (C=N–C) groups is 1. The van der Waals surface area contributed by atoms with Crippen molar-refractivity contribution in [1.82, 2.24) is 4.57 Å². The number of aryl methyl sites for hydroxylation is 2. The molecule has 3 aliphatic rings. The molecule has 1 aromatic carbocycles. The minimum atomic E-state index is -0.298. The minimum Gasteiger partial charge on any atom is -0.316 e. The molecule has 2 aromatic rings. The predicted octanol–water partition coefficient (Wildman–Crippen LogP) is 3.94. The van der Waals surface area contributed by atoms with Gasteiger partial charge >= 0.3 is 0 Å². The second-order valence-corrected chi connectivity index (χ2v) is 8.28. The van der Waals surface area contributed by atoms with E-state index in [0.717, 1.165) is 22.5 Å². The van der Waals surface area contributed by atoms with E-state index in [2.05, 4.69) is 0 Å². The Bertz CT molecular complexity index is 1100. The van der Waals surface area contributed by atoms with E-state index in [-0.39, 0.29) is 17.5 Å². The van der Waals surface area contributed by atoms with Crippen LogP contribution in [0.1, 0.15) is 36.4 Å². The molecule has 0 saturated heterocycles. The van der Waals surface area contributed by atoms with E-state index >= 15 is 0 Å². The van der Waals surface area contributed by atoms with Gasteiger partial charge < -0.3 is 4.57 Å². The average Bonchev–Trinajstić information content (AvgIpc) is 3.37. The van der Waals surface area contributed by atoms with Crippen molar-refractivity contribution in [3.63, 3.8) is 0 Å². The van der Waals surface area contributed by atoms with Crippen LogP contribution in [-0.2, 0) is 11.8 Å². The van der Waals surface area contributed by atoms with Gasteiger partial charge in [-0.15, -0.1) is 0 Å². The van der Waals surface area contributed by atoms with Gasteiger partial charge in [0.05, 0.1) is 11.4 Å². The quantitative estimate of drug-likeness (QED) is 0.793. The van der Waals surface area contributed by atoms with Crippen LogP contribution in [0, 0.1) is 12.8 Å². The molecule has 0 radical (unpaired) electrons. The van der Waals surface area contributed by atoms with Gasteiger partial charge in [0.25, 0.3) is 11.5 Å². The number of rotatable bonds is 3. The zero-order chi connectivity index (χ0) is 19.6. The van der Waals surface area contributed by atoms with E-state index in [0.29, 0.717) is 28.6 Å². The molecule has 142 valence electrons. The summed E-state index contributed by atoms with van der Waals surface area (Å²) >= 11 is 6.09. The first-order chi connectivity index (χ1) is 13.4. The summed E-state index contributed by atoms with van der Waals surface area (Å²) in [7, 11) is 1.71. The lowest BCUT2D eigenvalue weighted by molar-refractivity contribution is -0.114. The Morgan fingerprint density at radius 2 is 1.86 bits per heavy atom. The largest absolute Gasteiger partial charge is 0.316 e. The molecule has 2 aliphatic heterocycles. The number of carbonyl (C=O) groups excluding carboxylic acids is 1. The summed E-state index contributed by atoms with van der Waals surface area (Å²) in [5.41, 5.74) is 5.00. The number of halogens is 1. The molecule has 5 rings (SSSR count). The van der Waals surface area contributed by atoms with E-state index in [1.54, 1.807) is 31.1 Å². The van der Waals surface area contributed by atoms with Crippen molar-refractivity contribution in [2.24, 2.45) is 18.0 Å². The first kappa shape index (κ1) is 17.4. The third kappa shape index (κ3) is 2.65. The molecule has 1 unspecified atom stereocenters. The fraction of sp³-hybridized carbons (Fsp3) is 0.318. The number of carbonyl (C=O) groups is 1. The van der Waals surface area contributed by atoms with Crippen molar-refractivity contribution in [2.45, 2.75) is 32.2 Å². The van der Waals surface area contributed by atoms with Gasteiger partial charge in [-0.2, -0.15) is 0 Å². The summed E-state index contributed by atoms with van der Waals surface area (Å²) in [6.45, 7) is 1.77. The smallest absolute Gasteiger partial charge is 0.257 e. The Labute approximate surface area is 168 Å². The van der Waals surface area contributed by atoms with Gasteiger partial charge in [-0.25, -0.2) is 0 Å². The number of hydrogen-bond acceptors (Lipinski definition) is 3. The fourth-order valence-corrected chi connectivity index (χ4v) is 4.31. The summed E-state index contributed by atoms with van der Waals surface area (Å²) in [6.07, 6.45) is 4.71. The van der Waals surface area contributed by atoms with Crippen molar-refractivity contribution in [3.8, 4) is 0 Å². The molecule has 1 amide bonds. The molecule has 0 N–H and O–H groups in total. The van der Waals surface area contributed by atoms with Crippen LogP contribution in [0.25, 0.3) is 0 Å². The third-order valence-electron chi connectivity index (χ3n) is 5.79. The second-order valence-electron chi connectivity index (χ2n) is 7.84. The van der Waals surface area contributed by atoms with Gasteiger partial charge in [0.2, 0.25) is 0 Å². The molecule has 1 aliphatic carbocycles. The molecule has 0 bridgehead atoms. The highest BCUT2D eigenvalue weighted by atomic mass is 35.5. The van der Waals surface area contributed by atoms with Crippen LogP contribution in [0.5, 0.6) is 0 Å². The van der Waals surface area contributed by atoms with Crippen molar-refractivity contribution in [1.29, 1.82) is 0 Å². The van der Waals surface area contributed by atoms with Gasteiger partial charge in [0, 0.05) is 41.5 Å². The van der Waals surface area contributed by atoms with Crippen LogP contribution in [0.2, 0.25) is 5.02 Å². The summed E-state index contributed by atoms with van der Waals surface area (Å²) in [4.78, 5) is 32.2. The standard InChI is InChI=1S/C22H20ClN3O2/c1-12-9-16(11-25(2)21(12)27)26-20(14-5-7-15(23)8-6-14)19-17(22(26)28)10-18(24-19)13-3-4-13/h5-9,11,13,20H,3-4,10H2,1-2H3. The molecular formula is C22H20ClN3O2. The van der Waals surface area contributed by atoms with Gasteiger partial charge in [-0.3, -0.25) is 19.5 Å². The van der Waals surface area contributed by atoms with E-state index in [1.807, 2.05) is 24.3 Å². The average molecular weight is 394 g/mol. The van der Waals surface area contributed by atoms with E-state index in [4.69, 9.17) is 16.6 Å². The van der Waals surface area contributed by atoms with Gasteiger partial charge in [-0.05, 0) is 49.4 Å². The maximum absolute atomic E-state index is 13.4. The van der Waals surface area contributed by atoms with Crippen LogP contribution in [0.3, 0.4) is 0 Å². The third-order valence-corrected chi connectivity index (χ3v) is 6.04. The number of amides is 1. The molecule has 1 fully saturated rings. The molecule has 0 spiro atoms. The van der Waals surface area contributed by atoms with Crippen molar-refractivity contribution < 1.29 is 4.79 Å². The van der Waals surface area contributed by atoms with E-state index < -0.39 is 0 Å². The lowest BCUT2D eigenvalue weighted by Gasteiger charge is -2.28. The summed E-state index contributed by atoms with van der Waals surface area (Å²) in [5, 5.41) is 0.653. The molecule has 6 heteroatoms. The SMILES string of the molecule is Cc1cc(N2C(=O)C3=C(N=C(C4CC4)C3)C2c2ccc(Cl)cc2)cn(C)c1=O. The Balaban J connectivity index is 1.65. The summed E-state index contributed by atoms with van der Waals surface area (Å²) in [6, 6.07) is 9.06. The van der Waals surface area contributed by atoms with E-state index in [1.165, 1.54) is 17.4 Å². The number of anilines is 1. The summed E-state index contributed by atoms with van der Waals surface area (Å²) < 4.78 is 1.53. The molecule has 28 heavy (non-hydrogen) atoms. The Hall–Kier alpha value is -2.66. The highest BCUT2D eigenvalue weighted by Gasteiger charge is 2.46. The molecule has 1 saturated carbocycles. The van der Waals surface area contributed by atoms with Gasteiger partial charge in [0.1, 0.15) is 6.04 Å². The van der Waals surface area contributed by atoms with Crippen molar-refractivity contribution in [3.05, 3.63) is 74.3 Å². The second kappa shape index (κ2) is 6.17. The number of hydrogen-bond donors (Lipinski definition) is 0. The maximum atomic E-state index is 13.4. The number of pyridine rings is 1. The Kier molecular flexibility index (Phi) is 3.85. The topological polar surface area (TPSA) is 54.7 Å². The van der Waals surface area contributed by atoms with Gasteiger partial charge in [-0.1, -0.05) is 23.7 Å². The fourth-order valence-electron chi connectivity index (χ4n) is 4.19. The Morgan fingerprint density at radius 3 is 2.50 bits per heavy atom. The van der Waals surface area contributed by atoms with Crippen LogP contribution in [0.15, 0.2) is 57.6 Å². The molecule has 1 atom stereocenters. The van der Waals surface area contributed by atoms with Gasteiger partial charge in [0.15, 0.2) is 0 Å². The normalized spacial score (nSPS) is 21.4. The van der Waals surface area contributed by atoms with Crippen molar-refractivity contribution in [2.75, 3.05) is 4.90 Å². The number of aromatic nitrogens is 1. The first-order valence-corrected chi connectivity index (χ1v) is 9.88. The van der Waals surface area contributed by atoms with E-state index in [9.17, 15) is 9.59 Å². The molecule has 1 aromatic heterocycles. The van der Waals surface area contributed by atoms with Crippen LogP contribution in [-0.4, -0.2) is 16.2 Å². The highest BCUT2D eigenvalue weighted by molar-refractivity contribution is 6.30. The monoisotopic (exact) mass is 393 g/mol. The van der Waals surface area contributed by atoms with Crippen molar-refractivity contribution >= 4 is 28.9 Å². The number of nitrogens with zero attached hydrogens (tertiary/aromatic N) is 3. The zero-order valence-corrected chi connectivity index (χ0v) is 16.5.